The molecule has 1 saturated carbocycles. The van der Waals surface area contributed by atoms with Gasteiger partial charge >= 0.3 is 0 Å². The molecule has 0 heterocycles. The number of hydrogen-bond donors (Lipinski definition) is 1. The maximum atomic E-state index is 12.0. The zero-order valence-corrected chi connectivity index (χ0v) is 10.7. The molecule has 0 aliphatic heterocycles. The molecule has 1 fully saturated rings. The van der Waals surface area contributed by atoms with Gasteiger partial charge in [-0.3, -0.25) is 4.79 Å². The number of ketones is 1. The van der Waals surface area contributed by atoms with Crippen LogP contribution in [0.15, 0.2) is 12.2 Å². The quantitative estimate of drug-likeness (QED) is 0.739. The molecule has 0 unspecified atom stereocenters. The molecule has 0 aromatic rings. The molecule has 94 valence electrons. The maximum absolute atomic E-state index is 12.0. The third-order valence-electron chi connectivity index (χ3n) is 4.03. The summed E-state index contributed by atoms with van der Waals surface area (Å²) in [7, 11) is 1.49. The summed E-state index contributed by atoms with van der Waals surface area (Å²) in [4.78, 5) is 23.1. The van der Waals surface area contributed by atoms with Crippen molar-refractivity contribution in [1.29, 1.82) is 0 Å². The van der Waals surface area contributed by atoms with E-state index in [0.717, 1.165) is 0 Å². The van der Waals surface area contributed by atoms with Crippen LogP contribution >= 0.6 is 11.8 Å². The van der Waals surface area contributed by atoms with Crippen molar-refractivity contribution in [2.24, 2.45) is 11.8 Å². The van der Waals surface area contributed by atoms with Gasteiger partial charge in [-0.05, 0) is 18.8 Å². The van der Waals surface area contributed by atoms with Crippen LogP contribution in [0.1, 0.15) is 6.42 Å². The topological polar surface area (TPSA) is 63.6 Å². The normalized spacial score (nSPS) is 44.1. The van der Waals surface area contributed by atoms with Crippen molar-refractivity contribution in [2.45, 2.75) is 17.6 Å². The summed E-state index contributed by atoms with van der Waals surface area (Å²) in [5.41, 5.74) is -2.67. The van der Waals surface area contributed by atoms with Gasteiger partial charge in [0.25, 0.3) is 0 Å². The Kier molecular flexibility index (Phi) is 3.18. The van der Waals surface area contributed by atoms with E-state index in [0.29, 0.717) is 18.5 Å². The van der Waals surface area contributed by atoms with Crippen LogP contribution in [-0.4, -0.2) is 47.5 Å². The molecular weight excluding hydrogens is 240 g/mol. The lowest BCUT2D eigenvalue weighted by molar-refractivity contribution is -0.179. The number of carbonyl (C=O) groups excluding carboxylic acids is 2. The summed E-state index contributed by atoms with van der Waals surface area (Å²) < 4.78 is 5.51. The lowest BCUT2D eigenvalue weighted by Gasteiger charge is -2.45. The van der Waals surface area contributed by atoms with Crippen LogP contribution in [0.4, 0.5) is 0 Å². The first-order valence-electron chi connectivity index (χ1n) is 5.51. The van der Waals surface area contributed by atoms with E-state index in [4.69, 9.17) is 4.74 Å². The third kappa shape index (κ3) is 1.39. The van der Waals surface area contributed by atoms with Crippen molar-refractivity contribution in [3.63, 3.8) is 0 Å². The zero-order valence-electron chi connectivity index (χ0n) is 9.88. The maximum Gasteiger partial charge on any atom is 0.190 e. The molecule has 5 heteroatoms. The van der Waals surface area contributed by atoms with E-state index in [1.54, 1.807) is 6.08 Å². The first kappa shape index (κ1) is 12.8. The van der Waals surface area contributed by atoms with E-state index in [1.807, 2.05) is 6.26 Å². The fraction of sp³-hybridized carbons (Fsp3) is 0.667. The largest absolute Gasteiger partial charge is 0.378 e. The van der Waals surface area contributed by atoms with Gasteiger partial charge in [-0.2, -0.15) is 11.8 Å². The Bertz CT molecular complexity index is 381. The Labute approximate surface area is 104 Å². The second-order valence-corrected chi connectivity index (χ2v) is 5.47. The number of fused-ring (bicyclic) bond motifs is 2. The van der Waals surface area contributed by atoms with Crippen LogP contribution < -0.4 is 0 Å². The third-order valence-corrected chi connectivity index (χ3v) is 4.75. The van der Waals surface area contributed by atoms with E-state index >= 15 is 0 Å². The highest BCUT2D eigenvalue weighted by atomic mass is 32.2. The Balaban J connectivity index is 2.56. The summed E-state index contributed by atoms with van der Waals surface area (Å²) in [6.07, 6.45) is 6.18. The number of aliphatic hydroxyl groups is 1. The molecule has 4 atom stereocenters. The van der Waals surface area contributed by atoms with Crippen LogP contribution in [0.2, 0.25) is 0 Å². The van der Waals surface area contributed by atoms with Gasteiger partial charge < -0.3 is 14.6 Å². The molecular formula is C12H16O4S. The van der Waals surface area contributed by atoms with Crippen molar-refractivity contribution >= 4 is 23.8 Å². The summed E-state index contributed by atoms with van der Waals surface area (Å²) in [5, 5.41) is 10.7. The minimum atomic E-state index is -1.70. The van der Waals surface area contributed by atoms with Crippen LogP contribution in [0.3, 0.4) is 0 Å². The number of hydrogen-bond acceptors (Lipinski definition) is 5. The number of rotatable bonds is 4. The van der Waals surface area contributed by atoms with Gasteiger partial charge in [0.15, 0.2) is 11.4 Å². The Morgan fingerprint density at radius 1 is 1.71 bits per heavy atom. The lowest BCUT2D eigenvalue weighted by atomic mass is 9.73. The molecule has 0 amide bonds. The summed E-state index contributed by atoms with van der Waals surface area (Å²) in [6.45, 7) is 0. The summed E-state index contributed by atoms with van der Waals surface area (Å²) in [6, 6.07) is 0. The molecule has 0 saturated heterocycles. The van der Waals surface area contributed by atoms with Crippen molar-refractivity contribution in [1.82, 2.24) is 0 Å². The second kappa shape index (κ2) is 4.23. The van der Waals surface area contributed by atoms with Crippen LogP contribution in [0.25, 0.3) is 0 Å². The highest BCUT2D eigenvalue weighted by Crippen LogP contribution is 2.53. The molecule has 0 aromatic carbocycles. The van der Waals surface area contributed by atoms with Gasteiger partial charge in [0.05, 0.1) is 5.92 Å². The molecule has 2 bridgehead atoms. The zero-order chi connectivity index (χ0) is 12.7. The minimum Gasteiger partial charge on any atom is -0.378 e. The van der Waals surface area contributed by atoms with E-state index in [1.165, 1.54) is 24.9 Å². The van der Waals surface area contributed by atoms with Gasteiger partial charge in [0.1, 0.15) is 11.9 Å². The highest BCUT2D eigenvalue weighted by molar-refractivity contribution is 7.98. The summed E-state index contributed by atoms with van der Waals surface area (Å²) >= 11 is 1.51. The number of aldehydes is 1. The molecule has 17 heavy (non-hydrogen) atoms. The average Bonchev–Trinajstić information content (AvgIpc) is 2.48. The molecule has 0 radical (unpaired) electrons. The number of methoxy groups -OCH3 is 1. The molecule has 0 spiro atoms. The van der Waals surface area contributed by atoms with Gasteiger partial charge in [0, 0.05) is 18.8 Å². The van der Waals surface area contributed by atoms with Crippen molar-refractivity contribution in [3.05, 3.63) is 12.2 Å². The predicted molar refractivity (Wildman–Crippen MR) is 64.9 cm³/mol. The molecule has 2 rings (SSSR count). The van der Waals surface area contributed by atoms with Gasteiger partial charge in [-0.15, -0.1) is 0 Å². The van der Waals surface area contributed by atoms with E-state index in [9.17, 15) is 14.7 Å². The average molecular weight is 256 g/mol. The Morgan fingerprint density at radius 3 is 2.94 bits per heavy atom. The molecule has 1 N–H and O–H groups in total. The lowest BCUT2D eigenvalue weighted by Crippen LogP contribution is -2.64. The Morgan fingerprint density at radius 2 is 2.41 bits per heavy atom. The van der Waals surface area contributed by atoms with Gasteiger partial charge in [0.2, 0.25) is 0 Å². The highest BCUT2D eigenvalue weighted by Gasteiger charge is 2.69. The SMILES string of the molecule is CO[C@@]1(CSC)[C@@H]2C=CC(=O)[C@@]1(O)[C@@H](C=O)C2. The van der Waals surface area contributed by atoms with Crippen molar-refractivity contribution < 1.29 is 19.4 Å². The van der Waals surface area contributed by atoms with Crippen LogP contribution in [-0.2, 0) is 14.3 Å². The minimum absolute atomic E-state index is 0.0853. The molecule has 4 nitrogen and oxygen atoms in total. The van der Waals surface area contributed by atoms with E-state index in [-0.39, 0.29) is 5.92 Å². The standard InChI is InChI=1S/C12H16O4S/c1-16-11(7-17-2)8-3-4-10(14)12(11,15)9(5-8)6-13/h3-4,6,8-9,15H,5,7H2,1-2H3/t8-,9-,11+,12+/m1/s1. The number of thioether (sulfide) groups is 1. The first-order valence-corrected chi connectivity index (χ1v) is 6.90. The van der Waals surface area contributed by atoms with E-state index < -0.39 is 22.9 Å². The van der Waals surface area contributed by atoms with Crippen molar-refractivity contribution in [2.75, 3.05) is 19.1 Å². The molecule has 2 aliphatic rings. The molecule has 0 aromatic heterocycles. The Hall–Kier alpha value is -0.650. The molecule has 2 aliphatic carbocycles. The fourth-order valence-corrected chi connectivity index (χ4v) is 4.12. The van der Waals surface area contributed by atoms with Crippen molar-refractivity contribution in [3.8, 4) is 0 Å². The van der Waals surface area contributed by atoms with Gasteiger partial charge in [-0.25, -0.2) is 0 Å². The first-order chi connectivity index (χ1) is 8.06. The second-order valence-electron chi connectivity index (χ2n) is 4.60. The number of carbonyl (C=O) groups is 2. The monoisotopic (exact) mass is 256 g/mol. The summed E-state index contributed by atoms with van der Waals surface area (Å²) in [5.74, 6) is -0.690. The van der Waals surface area contributed by atoms with Gasteiger partial charge in [-0.1, -0.05) is 6.08 Å². The smallest absolute Gasteiger partial charge is 0.190 e. The van der Waals surface area contributed by atoms with Crippen LogP contribution in [0.5, 0.6) is 0 Å². The van der Waals surface area contributed by atoms with E-state index in [2.05, 4.69) is 0 Å². The van der Waals surface area contributed by atoms with Crippen LogP contribution in [0, 0.1) is 11.8 Å². The number of ether oxygens (including phenoxy) is 1. The fourth-order valence-electron chi connectivity index (χ4n) is 3.14. The predicted octanol–water partition coefficient (Wildman–Crippen LogP) is 0.440.